The highest BCUT2D eigenvalue weighted by molar-refractivity contribution is 5.76. The van der Waals surface area contributed by atoms with Gasteiger partial charge < -0.3 is 15.2 Å². The standard InChI is InChI=1S/C19H27N3O3/c1-12(2)25-16-7-5-15(6-8-16)18(23)11-20-19(24)10-9-17-13(3)21-22-14(17)4/h5-8,12,18,23H,9-11H2,1-4H3,(H,20,24)(H,21,22). The number of ether oxygens (including phenoxy) is 1. The summed E-state index contributed by atoms with van der Waals surface area (Å²) in [5.74, 6) is 0.680. The van der Waals surface area contributed by atoms with Crippen LogP contribution >= 0.6 is 0 Å². The summed E-state index contributed by atoms with van der Waals surface area (Å²) < 4.78 is 5.57. The number of H-pyrrole nitrogens is 1. The first kappa shape index (κ1) is 19.0. The van der Waals surface area contributed by atoms with Gasteiger partial charge in [-0.25, -0.2) is 0 Å². The van der Waals surface area contributed by atoms with E-state index in [-0.39, 0.29) is 18.6 Å². The molecule has 0 fully saturated rings. The topological polar surface area (TPSA) is 87.2 Å². The van der Waals surface area contributed by atoms with Gasteiger partial charge in [0.25, 0.3) is 0 Å². The second-order valence-electron chi connectivity index (χ2n) is 6.47. The number of aromatic nitrogens is 2. The molecule has 0 radical (unpaired) electrons. The van der Waals surface area contributed by atoms with Crippen molar-refractivity contribution >= 4 is 5.91 Å². The molecule has 6 heteroatoms. The fourth-order valence-electron chi connectivity index (χ4n) is 2.64. The number of aromatic amines is 1. The van der Waals surface area contributed by atoms with Crippen LogP contribution in [0.15, 0.2) is 24.3 Å². The third kappa shape index (κ3) is 5.60. The minimum atomic E-state index is -0.741. The first-order valence-corrected chi connectivity index (χ1v) is 8.58. The maximum atomic E-state index is 12.0. The molecule has 1 aromatic carbocycles. The highest BCUT2D eigenvalue weighted by Crippen LogP contribution is 2.18. The molecule has 3 N–H and O–H groups in total. The summed E-state index contributed by atoms with van der Waals surface area (Å²) in [6.45, 7) is 7.99. The third-order valence-electron chi connectivity index (χ3n) is 4.01. The first-order valence-electron chi connectivity index (χ1n) is 8.58. The predicted molar refractivity (Wildman–Crippen MR) is 96.6 cm³/mol. The number of nitrogens with zero attached hydrogens (tertiary/aromatic N) is 1. The molecule has 6 nitrogen and oxygen atoms in total. The number of nitrogens with one attached hydrogen (secondary N) is 2. The lowest BCUT2D eigenvalue weighted by Crippen LogP contribution is -2.28. The van der Waals surface area contributed by atoms with Gasteiger partial charge in [0.1, 0.15) is 5.75 Å². The summed E-state index contributed by atoms with van der Waals surface area (Å²) >= 11 is 0. The summed E-state index contributed by atoms with van der Waals surface area (Å²) in [5, 5.41) is 20.0. The second kappa shape index (κ2) is 8.67. The minimum Gasteiger partial charge on any atom is -0.491 e. The van der Waals surface area contributed by atoms with Crippen LogP contribution in [-0.4, -0.2) is 33.9 Å². The highest BCUT2D eigenvalue weighted by Gasteiger charge is 2.12. The number of benzene rings is 1. The van der Waals surface area contributed by atoms with Gasteiger partial charge in [-0.2, -0.15) is 5.10 Å². The molecule has 0 aliphatic rings. The van der Waals surface area contributed by atoms with E-state index in [9.17, 15) is 9.90 Å². The van der Waals surface area contributed by atoms with E-state index >= 15 is 0 Å². The highest BCUT2D eigenvalue weighted by atomic mass is 16.5. The zero-order valence-electron chi connectivity index (χ0n) is 15.3. The molecule has 0 bridgehead atoms. The molecule has 1 atom stereocenters. The average molecular weight is 345 g/mol. The van der Waals surface area contributed by atoms with Crippen molar-refractivity contribution in [1.29, 1.82) is 0 Å². The van der Waals surface area contributed by atoms with E-state index in [0.717, 1.165) is 28.3 Å². The molecule has 1 heterocycles. The summed E-state index contributed by atoms with van der Waals surface area (Å²) in [6, 6.07) is 7.27. The van der Waals surface area contributed by atoms with Crippen LogP contribution in [0.5, 0.6) is 5.75 Å². The zero-order chi connectivity index (χ0) is 18.4. The van der Waals surface area contributed by atoms with Crippen LogP contribution in [0.25, 0.3) is 0 Å². The molecule has 136 valence electrons. The SMILES string of the molecule is Cc1n[nH]c(C)c1CCC(=O)NCC(O)c1ccc(OC(C)C)cc1. The van der Waals surface area contributed by atoms with Crippen LogP contribution < -0.4 is 10.1 Å². The van der Waals surface area contributed by atoms with Gasteiger partial charge in [0.15, 0.2) is 0 Å². The largest absolute Gasteiger partial charge is 0.491 e. The molecular formula is C19H27N3O3. The summed E-state index contributed by atoms with van der Waals surface area (Å²) in [5.41, 5.74) is 3.75. The fourth-order valence-corrected chi connectivity index (χ4v) is 2.64. The van der Waals surface area contributed by atoms with Crippen molar-refractivity contribution in [3.8, 4) is 5.75 Å². The maximum absolute atomic E-state index is 12.0. The Labute approximate surface area is 148 Å². The van der Waals surface area contributed by atoms with Gasteiger partial charge in [0.2, 0.25) is 5.91 Å². The Hall–Kier alpha value is -2.34. The van der Waals surface area contributed by atoms with Crippen molar-refractivity contribution < 1.29 is 14.6 Å². The predicted octanol–water partition coefficient (Wildman–Crippen LogP) is 2.60. The van der Waals surface area contributed by atoms with Crippen LogP contribution in [0.3, 0.4) is 0 Å². The van der Waals surface area contributed by atoms with Crippen LogP contribution in [0.2, 0.25) is 0 Å². The second-order valence-corrected chi connectivity index (χ2v) is 6.47. The van der Waals surface area contributed by atoms with Crippen molar-refractivity contribution in [2.45, 2.75) is 52.7 Å². The lowest BCUT2D eigenvalue weighted by atomic mass is 10.1. The number of amides is 1. The number of hydrogen-bond donors (Lipinski definition) is 3. The van der Waals surface area contributed by atoms with Crippen LogP contribution in [-0.2, 0) is 11.2 Å². The van der Waals surface area contributed by atoms with Crippen molar-refractivity contribution in [2.75, 3.05) is 6.54 Å². The Balaban J connectivity index is 1.79. The quantitative estimate of drug-likeness (QED) is 0.686. The number of aliphatic hydroxyl groups is 1. The van der Waals surface area contributed by atoms with Crippen molar-refractivity contribution in [3.05, 3.63) is 46.8 Å². The molecule has 0 saturated heterocycles. The van der Waals surface area contributed by atoms with Gasteiger partial charge in [0, 0.05) is 18.7 Å². The lowest BCUT2D eigenvalue weighted by Gasteiger charge is -2.14. The maximum Gasteiger partial charge on any atom is 0.220 e. The summed E-state index contributed by atoms with van der Waals surface area (Å²) in [4.78, 5) is 12.0. The van der Waals surface area contributed by atoms with Crippen molar-refractivity contribution in [2.24, 2.45) is 0 Å². The molecule has 25 heavy (non-hydrogen) atoms. The Kier molecular flexibility index (Phi) is 6.58. The Morgan fingerprint density at radius 3 is 2.52 bits per heavy atom. The number of aryl methyl sites for hydroxylation is 2. The summed E-state index contributed by atoms with van der Waals surface area (Å²) in [6.07, 6.45) is 0.374. The minimum absolute atomic E-state index is 0.0844. The third-order valence-corrected chi connectivity index (χ3v) is 4.01. The molecule has 0 aliphatic heterocycles. The monoisotopic (exact) mass is 345 g/mol. The van der Waals surface area contributed by atoms with E-state index < -0.39 is 6.10 Å². The van der Waals surface area contributed by atoms with Gasteiger partial charge in [-0.05, 0) is 57.4 Å². The van der Waals surface area contributed by atoms with Crippen molar-refractivity contribution in [1.82, 2.24) is 15.5 Å². The van der Waals surface area contributed by atoms with E-state index in [1.54, 1.807) is 0 Å². The Morgan fingerprint density at radius 1 is 1.28 bits per heavy atom. The lowest BCUT2D eigenvalue weighted by molar-refractivity contribution is -0.121. The molecule has 1 unspecified atom stereocenters. The number of carbonyl (C=O) groups excluding carboxylic acids is 1. The van der Waals surface area contributed by atoms with E-state index in [4.69, 9.17) is 4.74 Å². The molecule has 0 aliphatic carbocycles. The summed E-state index contributed by atoms with van der Waals surface area (Å²) in [7, 11) is 0. The van der Waals surface area contributed by atoms with E-state index in [0.29, 0.717) is 12.8 Å². The molecule has 1 amide bonds. The number of carbonyl (C=O) groups is 1. The zero-order valence-corrected chi connectivity index (χ0v) is 15.3. The van der Waals surface area contributed by atoms with Gasteiger partial charge in [-0.15, -0.1) is 0 Å². The normalized spacial score (nSPS) is 12.2. The fraction of sp³-hybridized carbons (Fsp3) is 0.474. The van der Waals surface area contributed by atoms with Gasteiger partial charge in [0.05, 0.1) is 17.9 Å². The number of rotatable bonds is 8. The van der Waals surface area contributed by atoms with E-state index in [1.807, 2.05) is 52.0 Å². The van der Waals surface area contributed by atoms with Crippen LogP contribution in [0.4, 0.5) is 0 Å². The Bertz CT molecular complexity index is 673. The number of hydrogen-bond acceptors (Lipinski definition) is 4. The molecular weight excluding hydrogens is 318 g/mol. The molecule has 2 aromatic rings. The van der Waals surface area contributed by atoms with Gasteiger partial charge >= 0.3 is 0 Å². The van der Waals surface area contributed by atoms with E-state index in [2.05, 4.69) is 15.5 Å². The van der Waals surface area contributed by atoms with Crippen LogP contribution in [0.1, 0.15) is 48.9 Å². The number of aliphatic hydroxyl groups excluding tert-OH is 1. The smallest absolute Gasteiger partial charge is 0.220 e. The van der Waals surface area contributed by atoms with Gasteiger partial charge in [-0.3, -0.25) is 9.89 Å². The Morgan fingerprint density at radius 2 is 1.96 bits per heavy atom. The molecule has 2 rings (SSSR count). The average Bonchev–Trinajstić information content (AvgIpc) is 2.89. The van der Waals surface area contributed by atoms with Gasteiger partial charge in [-0.1, -0.05) is 12.1 Å². The van der Waals surface area contributed by atoms with Crippen LogP contribution in [0, 0.1) is 13.8 Å². The van der Waals surface area contributed by atoms with E-state index in [1.165, 1.54) is 0 Å². The molecule has 1 aromatic heterocycles. The molecule has 0 saturated carbocycles. The van der Waals surface area contributed by atoms with Crippen molar-refractivity contribution in [3.63, 3.8) is 0 Å². The molecule has 0 spiro atoms. The first-order chi connectivity index (χ1) is 11.9.